The summed E-state index contributed by atoms with van der Waals surface area (Å²) in [5.41, 5.74) is 1.32. The highest BCUT2D eigenvalue weighted by Crippen LogP contribution is 2.27. The molecule has 2 rings (SSSR count). The van der Waals surface area contributed by atoms with E-state index in [4.69, 9.17) is 18.9 Å². The van der Waals surface area contributed by atoms with E-state index < -0.39 is 24.5 Å². The molecule has 0 saturated carbocycles. The molecule has 0 radical (unpaired) electrons. The third kappa shape index (κ3) is 8.62. The Morgan fingerprint density at radius 2 is 1.55 bits per heavy atom. The van der Waals surface area contributed by atoms with Crippen molar-refractivity contribution in [2.75, 3.05) is 13.2 Å². The number of hydrogen-bond donors (Lipinski definition) is 0. The Kier molecular flexibility index (Phi) is 11.0. The van der Waals surface area contributed by atoms with Gasteiger partial charge in [0.2, 0.25) is 0 Å². The van der Waals surface area contributed by atoms with Gasteiger partial charge in [0.15, 0.2) is 6.29 Å². The first-order valence-electron chi connectivity index (χ1n) is 11.7. The zero-order valence-corrected chi connectivity index (χ0v) is 19.4. The highest BCUT2D eigenvalue weighted by Gasteiger charge is 2.24. The van der Waals surface area contributed by atoms with Crippen LogP contribution in [0.2, 0.25) is 0 Å². The molecule has 1 fully saturated rings. The molecular weight excluding hydrogens is 396 g/mol. The van der Waals surface area contributed by atoms with Gasteiger partial charge in [-0.25, -0.2) is 4.79 Å². The lowest BCUT2D eigenvalue weighted by Gasteiger charge is -2.29. The molecule has 1 aliphatic heterocycles. The van der Waals surface area contributed by atoms with Gasteiger partial charge in [-0.1, -0.05) is 51.7 Å². The van der Waals surface area contributed by atoms with Crippen molar-refractivity contribution in [2.45, 2.75) is 91.1 Å². The molecule has 6 nitrogen and oxygen atoms in total. The molecule has 0 amide bonds. The first kappa shape index (κ1) is 25.3. The largest absolute Gasteiger partial charge is 0.459 e. The van der Waals surface area contributed by atoms with E-state index in [1.165, 1.54) is 12.8 Å². The number of esters is 2. The van der Waals surface area contributed by atoms with Crippen molar-refractivity contribution in [3.8, 4) is 0 Å². The Hall–Kier alpha value is -1.92. The van der Waals surface area contributed by atoms with E-state index in [0.29, 0.717) is 31.1 Å². The second kappa shape index (κ2) is 13.5. The van der Waals surface area contributed by atoms with E-state index in [0.717, 1.165) is 31.2 Å². The maximum atomic E-state index is 12.5. The summed E-state index contributed by atoms with van der Waals surface area (Å²) in [6.07, 6.45) is 5.32. The Morgan fingerprint density at radius 3 is 2.16 bits per heavy atom. The summed E-state index contributed by atoms with van der Waals surface area (Å²) in [4.78, 5) is 24.3. The van der Waals surface area contributed by atoms with E-state index in [1.54, 1.807) is 26.0 Å². The third-order valence-corrected chi connectivity index (χ3v) is 5.61. The molecule has 0 aliphatic carbocycles. The van der Waals surface area contributed by atoms with Gasteiger partial charge in [0.05, 0.1) is 18.8 Å². The van der Waals surface area contributed by atoms with Crippen molar-refractivity contribution in [3.63, 3.8) is 0 Å². The van der Waals surface area contributed by atoms with Gasteiger partial charge >= 0.3 is 11.9 Å². The molecule has 1 heterocycles. The van der Waals surface area contributed by atoms with Gasteiger partial charge in [-0.05, 0) is 38.8 Å². The van der Waals surface area contributed by atoms with Gasteiger partial charge < -0.3 is 18.9 Å². The van der Waals surface area contributed by atoms with Gasteiger partial charge in [0, 0.05) is 17.9 Å². The lowest BCUT2D eigenvalue weighted by Crippen LogP contribution is -2.30. The number of carbonyl (C=O) groups excluding carboxylic acids is 2. The van der Waals surface area contributed by atoms with Crippen LogP contribution < -0.4 is 0 Å². The van der Waals surface area contributed by atoms with Gasteiger partial charge in [-0.15, -0.1) is 0 Å². The molecule has 1 aliphatic rings. The van der Waals surface area contributed by atoms with Crippen molar-refractivity contribution in [1.29, 1.82) is 0 Å². The number of hydrogen-bond acceptors (Lipinski definition) is 6. The first-order valence-corrected chi connectivity index (χ1v) is 11.7. The Balaban J connectivity index is 1.79. The van der Waals surface area contributed by atoms with E-state index in [-0.39, 0.29) is 5.97 Å². The minimum Gasteiger partial charge on any atom is -0.459 e. The van der Waals surface area contributed by atoms with Crippen LogP contribution >= 0.6 is 0 Å². The SMILES string of the molecule is CCCCCC(=O)OC(C)C(C)OC(=O)c1ccc(C2OCC(CCCC)CO2)cc1. The fourth-order valence-electron chi connectivity index (χ4n) is 3.39. The molecule has 0 bridgehead atoms. The average Bonchev–Trinajstić information content (AvgIpc) is 2.78. The summed E-state index contributed by atoms with van der Waals surface area (Å²) in [6, 6.07) is 7.08. The second-order valence-electron chi connectivity index (χ2n) is 8.39. The van der Waals surface area contributed by atoms with E-state index in [9.17, 15) is 9.59 Å². The summed E-state index contributed by atoms with van der Waals surface area (Å²) in [5.74, 6) is -0.245. The Morgan fingerprint density at radius 1 is 0.935 bits per heavy atom. The monoisotopic (exact) mass is 434 g/mol. The fourth-order valence-corrected chi connectivity index (χ4v) is 3.39. The maximum absolute atomic E-state index is 12.5. The summed E-state index contributed by atoms with van der Waals surface area (Å²) >= 11 is 0. The fraction of sp³-hybridized carbons (Fsp3) is 0.680. The van der Waals surface area contributed by atoms with Crippen LogP contribution in [0.5, 0.6) is 0 Å². The normalized spacial score (nSPS) is 20.6. The topological polar surface area (TPSA) is 71.1 Å². The van der Waals surface area contributed by atoms with E-state index in [1.807, 2.05) is 12.1 Å². The van der Waals surface area contributed by atoms with Crippen molar-refractivity contribution < 1.29 is 28.5 Å². The molecule has 1 saturated heterocycles. The van der Waals surface area contributed by atoms with Crippen molar-refractivity contribution in [1.82, 2.24) is 0 Å². The van der Waals surface area contributed by atoms with Crippen LogP contribution in [0.4, 0.5) is 0 Å². The minimum atomic E-state index is -0.535. The van der Waals surface area contributed by atoms with E-state index in [2.05, 4.69) is 13.8 Å². The summed E-state index contributed by atoms with van der Waals surface area (Å²) < 4.78 is 22.6. The van der Waals surface area contributed by atoms with Crippen molar-refractivity contribution in [2.24, 2.45) is 5.92 Å². The van der Waals surface area contributed by atoms with Crippen molar-refractivity contribution >= 4 is 11.9 Å². The summed E-state index contributed by atoms with van der Waals surface area (Å²) in [6.45, 7) is 9.13. The van der Waals surface area contributed by atoms with Crippen LogP contribution in [0.25, 0.3) is 0 Å². The highest BCUT2D eigenvalue weighted by atomic mass is 16.7. The van der Waals surface area contributed by atoms with Crippen LogP contribution in [0.15, 0.2) is 24.3 Å². The summed E-state index contributed by atoms with van der Waals surface area (Å²) in [5, 5.41) is 0. The van der Waals surface area contributed by atoms with Gasteiger partial charge in [0.1, 0.15) is 12.2 Å². The molecule has 6 heteroatoms. The second-order valence-corrected chi connectivity index (χ2v) is 8.39. The molecule has 174 valence electrons. The third-order valence-electron chi connectivity index (χ3n) is 5.61. The van der Waals surface area contributed by atoms with Crippen LogP contribution in [-0.2, 0) is 23.7 Å². The average molecular weight is 435 g/mol. The first-order chi connectivity index (χ1) is 14.9. The molecule has 2 atom stereocenters. The van der Waals surface area contributed by atoms with Gasteiger partial charge in [-0.2, -0.15) is 0 Å². The smallest absolute Gasteiger partial charge is 0.338 e. The van der Waals surface area contributed by atoms with E-state index >= 15 is 0 Å². The molecule has 0 aromatic heterocycles. The predicted octanol–water partition coefficient (Wildman–Crippen LogP) is 5.60. The predicted molar refractivity (Wildman–Crippen MR) is 119 cm³/mol. The number of ether oxygens (including phenoxy) is 4. The zero-order chi connectivity index (χ0) is 22.6. The van der Waals surface area contributed by atoms with Crippen LogP contribution in [-0.4, -0.2) is 37.4 Å². The van der Waals surface area contributed by atoms with Crippen LogP contribution in [0.1, 0.15) is 94.9 Å². The molecule has 0 N–H and O–H groups in total. The lowest BCUT2D eigenvalue weighted by atomic mass is 10.0. The zero-order valence-electron chi connectivity index (χ0n) is 19.4. The number of benzene rings is 1. The van der Waals surface area contributed by atoms with Gasteiger partial charge in [-0.3, -0.25) is 4.79 Å². The molecule has 0 spiro atoms. The summed E-state index contributed by atoms with van der Waals surface area (Å²) in [7, 11) is 0. The Labute approximate surface area is 186 Å². The minimum absolute atomic E-state index is 0.252. The number of unbranched alkanes of at least 4 members (excludes halogenated alkanes) is 3. The number of rotatable bonds is 12. The molecule has 2 unspecified atom stereocenters. The molecule has 31 heavy (non-hydrogen) atoms. The van der Waals surface area contributed by atoms with Crippen LogP contribution in [0, 0.1) is 5.92 Å². The van der Waals surface area contributed by atoms with Crippen molar-refractivity contribution in [3.05, 3.63) is 35.4 Å². The quantitative estimate of drug-likeness (QED) is 0.315. The van der Waals surface area contributed by atoms with Gasteiger partial charge in [0.25, 0.3) is 0 Å². The lowest BCUT2D eigenvalue weighted by molar-refractivity contribution is -0.206. The Bertz CT molecular complexity index is 663. The number of carbonyl (C=O) groups is 2. The van der Waals surface area contributed by atoms with Crippen LogP contribution in [0.3, 0.4) is 0 Å². The standard InChI is InChI=1S/C25H38O6/c1-5-7-9-11-23(26)30-18(3)19(4)31-24(27)21-12-14-22(15-13-21)25-28-16-20(17-29-25)10-8-6-2/h12-15,18-20,25H,5-11,16-17H2,1-4H3. The highest BCUT2D eigenvalue weighted by molar-refractivity contribution is 5.89. The molecular formula is C25H38O6. The molecule has 1 aromatic carbocycles. The molecule has 1 aromatic rings. The maximum Gasteiger partial charge on any atom is 0.338 e.